The highest BCUT2D eigenvalue weighted by atomic mass is 14.8. The van der Waals surface area contributed by atoms with E-state index in [-0.39, 0.29) is 11.8 Å². The predicted molar refractivity (Wildman–Crippen MR) is 50.4 cm³/mol. The summed E-state index contributed by atoms with van der Waals surface area (Å²) in [5.74, 6) is 0.518. The van der Waals surface area contributed by atoms with Gasteiger partial charge in [0.15, 0.2) is 0 Å². The number of nitrogens with one attached hydrogen (secondary N) is 1. The Labute approximate surface area is 67.9 Å². The van der Waals surface area contributed by atoms with Crippen LogP contribution in [-0.4, -0.2) is 12.1 Å². The second kappa shape index (κ2) is 4.61. The topological polar surface area (TPSA) is 36.2 Å². The molecule has 0 unspecified atom stereocenters. The molecule has 11 heavy (non-hydrogen) atoms. The molecule has 0 aromatic rings. The summed E-state index contributed by atoms with van der Waals surface area (Å²) in [7, 11) is 0. The zero-order valence-corrected chi connectivity index (χ0v) is 7.09. The van der Waals surface area contributed by atoms with Crippen LogP contribution < -0.4 is 0 Å². The van der Waals surface area contributed by atoms with E-state index in [1.807, 2.05) is 13.8 Å². The van der Waals surface area contributed by atoms with Crippen LogP contribution in [0.2, 0.25) is 0 Å². The molecule has 0 aliphatic rings. The van der Waals surface area contributed by atoms with Crippen LogP contribution in [0.4, 0.5) is 0 Å². The van der Waals surface area contributed by atoms with Crippen LogP contribution in [0.1, 0.15) is 13.8 Å². The first-order chi connectivity index (χ1) is 5.09. The van der Waals surface area contributed by atoms with Gasteiger partial charge in [0, 0.05) is 6.21 Å². The SMILES string of the molecule is C=C/C=N\C(=N)C(=C)C(C)C. The van der Waals surface area contributed by atoms with Gasteiger partial charge in [-0.05, 0) is 11.5 Å². The Kier molecular flexibility index (Phi) is 4.11. The van der Waals surface area contributed by atoms with Crippen LogP contribution in [0.25, 0.3) is 0 Å². The average molecular weight is 150 g/mol. The molecule has 0 spiro atoms. The molecule has 0 saturated heterocycles. The summed E-state index contributed by atoms with van der Waals surface area (Å²) >= 11 is 0. The van der Waals surface area contributed by atoms with Gasteiger partial charge in [-0.15, -0.1) is 0 Å². The van der Waals surface area contributed by atoms with Gasteiger partial charge < -0.3 is 0 Å². The summed E-state index contributed by atoms with van der Waals surface area (Å²) in [6.07, 6.45) is 3.04. The molecular formula is C9H14N2. The van der Waals surface area contributed by atoms with Crippen molar-refractivity contribution in [2.75, 3.05) is 0 Å². The van der Waals surface area contributed by atoms with E-state index in [1.54, 1.807) is 6.08 Å². The molecule has 0 rings (SSSR count). The molecular weight excluding hydrogens is 136 g/mol. The van der Waals surface area contributed by atoms with E-state index in [2.05, 4.69) is 18.2 Å². The third-order valence-electron chi connectivity index (χ3n) is 1.31. The Morgan fingerprint density at radius 2 is 2.09 bits per heavy atom. The lowest BCUT2D eigenvalue weighted by Crippen LogP contribution is -2.02. The fourth-order valence-electron chi connectivity index (χ4n) is 0.484. The zero-order valence-electron chi connectivity index (χ0n) is 7.09. The Hall–Kier alpha value is -1.18. The average Bonchev–Trinajstić information content (AvgIpc) is 1.98. The van der Waals surface area contributed by atoms with Gasteiger partial charge in [-0.25, -0.2) is 4.99 Å². The fraction of sp³-hybridized carbons (Fsp3) is 0.333. The molecule has 2 heteroatoms. The van der Waals surface area contributed by atoms with E-state index in [4.69, 9.17) is 5.41 Å². The first-order valence-electron chi connectivity index (χ1n) is 3.52. The van der Waals surface area contributed by atoms with Gasteiger partial charge >= 0.3 is 0 Å². The van der Waals surface area contributed by atoms with Crippen LogP contribution in [0.3, 0.4) is 0 Å². The summed E-state index contributed by atoms with van der Waals surface area (Å²) in [6, 6.07) is 0. The van der Waals surface area contributed by atoms with Crippen molar-refractivity contribution in [3.8, 4) is 0 Å². The largest absolute Gasteiger partial charge is 0.283 e. The fourth-order valence-corrected chi connectivity index (χ4v) is 0.484. The molecule has 0 aliphatic carbocycles. The molecule has 0 saturated carbocycles. The number of hydrogen-bond acceptors (Lipinski definition) is 1. The van der Waals surface area contributed by atoms with Crippen molar-refractivity contribution in [3.05, 3.63) is 24.8 Å². The number of rotatable bonds is 3. The Morgan fingerprint density at radius 1 is 1.55 bits per heavy atom. The smallest absolute Gasteiger partial charge is 0.147 e. The van der Waals surface area contributed by atoms with Crippen LogP contribution in [0, 0.1) is 11.3 Å². The molecule has 0 aliphatic heterocycles. The van der Waals surface area contributed by atoms with Gasteiger partial charge in [0.2, 0.25) is 0 Å². The summed E-state index contributed by atoms with van der Waals surface area (Å²) < 4.78 is 0. The van der Waals surface area contributed by atoms with E-state index in [9.17, 15) is 0 Å². The minimum Gasteiger partial charge on any atom is -0.283 e. The monoisotopic (exact) mass is 150 g/mol. The lowest BCUT2D eigenvalue weighted by atomic mass is 10.1. The van der Waals surface area contributed by atoms with Crippen molar-refractivity contribution in [3.63, 3.8) is 0 Å². The van der Waals surface area contributed by atoms with Crippen LogP contribution >= 0.6 is 0 Å². The minimum absolute atomic E-state index is 0.236. The number of hydrogen-bond donors (Lipinski definition) is 1. The van der Waals surface area contributed by atoms with Gasteiger partial charge in [0.25, 0.3) is 0 Å². The van der Waals surface area contributed by atoms with E-state index >= 15 is 0 Å². The quantitative estimate of drug-likeness (QED) is 0.474. The molecule has 1 N–H and O–H groups in total. The van der Waals surface area contributed by atoms with E-state index in [0.29, 0.717) is 0 Å². The molecule has 0 atom stereocenters. The normalized spacial score (nSPS) is 10.5. The number of amidine groups is 1. The molecule has 0 aromatic heterocycles. The van der Waals surface area contributed by atoms with Crippen molar-refractivity contribution in [2.45, 2.75) is 13.8 Å². The van der Waals surface area contributed by atoms with Gasteiger partial charge in [0.05, 0.1) is 0 Å². The van der Waals surface area contributed by atoms with Gasteiger partial charge in [-0.2, -0.15) is 0 Å². The standard InChI is InChI=1S/C9H14N2/c1-5-6-11-9(10)8(4)7(2)3/h5-7,10H,1,4H2,2-3H3/b10-9?,11-6-. The molecule has 2 nitrogen and oxygen atoms in total. The van der Waals surface area contributed by atoms with Crippen molar-refractivity contribution in [1.82, 2.24) is 0 Å². The van der Waals surface area contributed by atoms with Crippen LogP contribution in [-0.2, 0) is 0 Å². The van der Waals surface area contributed by atoms with Gasteiger partial charge in [-0.3, -0.25) is 5.41 Å². The van der Waals surface area contributed by atoms with Gasteiger partial charge in [0.1, 0.15) is 5.84 Å². The molecule has 60 valence electrons. The van der Waals surface area contributed by atoms with Crippen LogP contribution in [0.15, 0.2) is 29.8 Å². The summed E-state index contributed by atoms with van der Waals surface area (Å²) in [6.45, 7) is 11.2. The first-order valence-corrected chi connectivity index (χ1v) is 3.52. The Balaban J connectivity index is 4.15. The van der Waals surface area contributed by atoms with E-state index < -0.39 is 0 Å². The maximum atomic E-state index is 7.38. The number of aliphatic imine (C=N–C) groups is 1. The van der Waals surface area contributed by atoms with Crippen molar-refractivity contribution in [2.24, 2.45) is 10.9 Å². The molecule has 0 bridgehead atoms. The maximum Gasteiger partial charge on any atom is 0.147 e. The Morgan fingerprint density at radius 3 is 2.45 bits per heavy atom. The van der Waals surface area contributed by atoms with Crippen molar-refractivity contribution < 1.29 is 0 Å². The van der Waals surface area contributed by atoms with Gasteiger partial charge in [-0.1, -0.05) is 33.1 Å². The minimum atomic E-state index is 0.236. The third kappa shape index (κ3) is 3.50. The molecule has 0 heterocycles. The third-order valence-corrected chi connectivity index (χ3v) is 1.31. The molecule has 0 radical (unpaired) electrons. The van der Waals surface area contributed by atoms with E-state index in [0.717, 1.165) is 5.57 Å². The second-order valence-electron chi connectivity index (χ2n) is 2.54. The highest BCUT2D eigenvalue weighted by Gasteiger charge is 2.03. The first kappa shape index (κ1) is 9.82. The lowest BCUT2D eigenvalue weighted by molar-refractivity contribution is 0.803. The maximum absolute atomic E-state index is 7.38. The molecule has 0 fully saturated rings. The Bertz CT molecular complexity index is 200. The second-order valence-corrected chi connectivity index (χ2v) is 2.54. The molecule has 0 aromatic carbocycles. The zero-order chi connectivity index (χ0) is 8.85. The molecule has 0 amide bonds. The number of nitrogens with zero attached hydrogens (tertiary/aromatic N) is 1. The highest BCUT2D eigenvalue weighted by Crippen LogP contribution is 2.07. The highest BCUT2D eigenvalue weighted by molar-refractivity contribution is 6.01. The summed E-state index contributed by atoms with van der Waals surface area (Å²) in [4.78, 5) is 3.80. The predicted octanol–water partition coefficient (Wildman–Crippen LogP) is 2.43. The lowest BCUT2D eigenvalue weighted by Gasteiger charge is -2.05. The van der Waals surface area contributed by atoms with Crippen molar-refractivity contribution >= 4 is 12.1 Å². The summed E-state index contributed by atoms with van der Waals surface area (Å²) in [5, 5.41) is 7.38. The van der Waals surface area contributed by atoms with E-state index in [1.165, 1.54) is 6.21 Å². The number of allylic oxidation sites excluding steroid dienone is 1. The summed E-state index contributed by atoms with van der Waals surface area (Å²) in [5.41, 5.74) is 0.753. The van der Waals surface area contributed by atoms with Crippen molar-refractivity contribution in [1.29, 1.82) is 5.41 Å². The van der Waals surface area contributed by atoms with Crippen LogP contribution in [0.5, 0.6) is 0 Å².